The largest absolute Gasteiger partial charge is 0.478 e. The number of carbonyl (C=O) groups is 1. The summed E-state index contributed by atoms with van der Waals surface area (Å²) < 4.78 is 0. The molecule has 0 fully saturated rings. The van der Waals surface area contributed by atoms with Crippen LogP contribution in [0.1, 0.15) is 22.3 Å². The van der Waals surface area contributed by atoms with E-state index in [0.717, 1.165) is 29.3 Å². The summed E-state index contributed by atoms with van der Waals surface area (Å²) in [7, 11) is 0. The first-order valence-corrected chi connectivity index (χ1v) is 5.56. The van der Waals surface area contributed by atoms with Crippen molar-refractivity contribution >= 4 is 16.9 Å². The number of aromatic amines is 1. The number of aromatic carboxylic acids is 1. The second kappa shape index (κ2) is 5.25. The minimum absolute atomic E-state index is 0.276. The molecule has 0 amide bonds. The van der Waals surface area contributed by atoms with E-state index in [2.05, 4.69) is 15.0 Å². The van der Waals surface area contributed by atoms with Gasteiger partial charge >= 0.3 is 5.97 Å². The van der Waals surface area contributed by atoms with E-state index in [1.165, 1.54) is 0 Å². The highest BCUT2D eigenvalue weighted by Crippen LogP contribution is 2.21. The van der Waals surface area contributed by atoms with E-state index in [0.29, 0.717) is 6.54 Å². The average molecular weight is 244 g/mol. The fraction of sp³-hybridized carbons (Fsp3) is 0.250. The number of hydrogen-bond acceptors (Lipinski definition) is 2. The Hall–Kier alpha value is -2.46. The van der Waals surface area contributed by atoms with Crippen molar-refractivity contribution in [1.82, 2.24) is 4.98 Å². The molecule has 0 unspecified atom stereocenters. The van der Waals surface area contributed by atoms with Crippen LogP contribution >= 0.6 is 0 Å². The number of benzene rings is 1. The number of fused-ring (bicyclic) bond motifs is 1. The summed E-state index contributed by atoms with van der Waals surface area (Å²) in [6.07, 6.45) is 3.36. The number of nitrogens with zero attached hydrogens (tertiary/aromatic N) is 3. The smallest absolute Gasteiger partial charge is 0.335 e. The number of hydrogen-bond donors (Lipinski definition) is 2. The molecule has 0 saturated heterocycles. The molecule has 0 bridgehead atoms. The maximum Gasteiger partial charge on any atom is 0.335 e. The number of nitrogens with one attached hydrogen (secondary N) is 1. The molecule has 1 heterocycles. The third-order valence-corrected chi connectivity index (χ3v) is 2.78. The van der Waals surface area contributed by atoms with Crippen molar-refractivity contribution in [2.24, 2.45) is 5.11 Å². The monoisotopic (exact) mass is 244 g/mol. The van der Waals surface area contributed by atoms with Gasteiger partial charge in [-0.05, 0) is 42.1 Å². The van der Waals surface area contributed by atoms with Crippen LogP contribution in [0.4, 0.5) is 0 Å². The molecule has 0 aliphatic carbocycles. The predicted molar refractivity (Wildman–Crippen MR) is 67.6 cm³/mol. The van der Waals surface area contributed by atoms with Crippen LogP contribution in [0.3, 0.4) is 0 Å². The van der Waals surface area contributed by atoms with Crippen LogP contribution in [0.5, 0.6) is 0 Å². The molecule has 0 spiro atoms. The van der Waals surface area contributed by atoms with E-state index < -0.39 is 5.97 Å². The first-order chi connectivity index (χ1) is 8.72. The van der Waals surface area contributed by atoms with Gasteiger partial charge in [-0.2, -0.15) is 0 Å². The maximum absolute atomic E-state index is 10.9. The van der Waals surface area contributed by atoms with Crippen LogP contribution in [0.2, 0.25) is 0 Å². The van der Waals surface area contributed by atoms with Crippen molar-refractivity contribution in [3.63, 3.8) is 0 Å². The number of azide groups is 1. The normalized spacial score (nSPS) is 10.2. The highest BCUT2D eigenvalue weighted by Gasteiger charge is 2.07. The van der Waals surface area contributed by atoms with Crippen LogP contribution in [0.15, 0.2) is 29.5 Å². The van der Waals surface area contributed by atoms with E-state index >= 15 is 0 Å². The lowest BCUT2D eigenvalue weighted by Gasteiger charge is -1.99. The molecule has 0 aliphatic heterocycles. The van der Waals surface area contributed by atoms with Crippen LogP contribution in [0, 0.1) is 0 Å². The van der Waals surface area contributed by atoms with Crippen molar-refractivity contribution in [1.29, 1.82) is 0 Å². The van der Waals surface area contributed by atoms with Crippen LogP contribution in [0.25, 0.3) is 21.3 Å². The van der Waals surface area contributed by atoms with E-state index in [1.807, 2.05) is 6.20 Å². The first-order valence-electron chi connectivity index (χ1n) is 5.56. The van der Waals surface area contributed by atoms with Gasteiger partial charge in [0.2, 0.25) is 0 Å². The molecule has 6 heteroatoms. The molecule has 6 nitrogen and oxygen atoms in total. The highest BCUT2D eigenvalue weighted by atomic mass is 16.4. The van der Waals surface area contributed by atoms with Crippen molar-refractivity contribution in [3.05, 3.63) is 46.0 Å². The second-order valence-corrected chi connectivity index (χ2v) is 3.94. The predicted octanol–water partition coefficient (Wildman–Crippen LogP) is 3.11. The Morgan fingerprint density at radius 3 is 3.06 bits per heavy atom. The molecule has 2 aromatic rings. The van der Waals surface area contributed by atoms with Gasteiger partial charge in [-0.25, -0.2) is 4.79 Å². The summed E-state index contributed by atoms with van der Waals surface area (Å²) in [4.78, 5) is 16.7. The molecule has 1 aromatic heterocycles. The summed E-state index contributed by atoms with van der Waals surface area (Å²) >= 11 is 0. The zero-order chi connectivity index (χ0) is 13.0. The van der Waals surface area contributed by atoms with E-state index in [4.69, 9.17) is 10.6 Å². The molecule has 0 radical (unpaired) electrons. The molecule has 18 heavy (non-hydrogen) atoms. The van der Waals surface area contributed by atoms with Gasteiger partial charge in [0.05, 0.1) is 5.56 Å². The number of rotatable bonds is 5. The van der Waals surface area contributed by atoms with Crippen LogP contribution in [-0.2, 0) is 6.42 Å². The summed E-state index contributed by atoms with van der Waals surface area (Å²) in [5.41, 5.74) is 10.4. The van der Waals surface area contributed by atoms with Gasteiger partial charge in [0.15, 0.2) is 0 Å². The Balaban J connectivity index is 2.24. The lowest BCUT2D eigenvalue weighted by molar-refractivity contribution is 0.0697. The Morgan fingerprint density at radius 2 is 2.33 bits per heavy atom. The van der Waals surface area contributed by atoms with E-state index in [9.17, 15) is 4.79 Å². The number of aryl methyl sites for hydroxylation is 1. The zero-order valence-corrected chi connectivity index (χ0v) is 9.63. The molecule has 1 aromatic carbocycles. The Morgan fingerprint density at radius 1 is 1.50 bits per heavy atom. The maximum atomic E-state index is 10.9. The van der Waals surface area contributed by atoms with Crippen LogP contribution in [-0.4, -0.2) is 22.6 Å². The molecular weight excluding hydrogens is 232 g/mol. The van der Waals surface area contributed by atoms with Gasteiger partial charge in [-0.1, -0.05) is 5.11 Å². The number of H-pyrrole nitrogens is 1. The van der Waals surface area contributed by atoms with Crippen molar-refractivity contribution in [3.8, 4) is 0 Å². The van der Waals surface area contributed by atoms with E-state index in [1.54, 1.807) is 18.2 Å². The summed E-state index contributed by atoms with van der Waals surface area (Å²) in [5, 5.41) is 13.3. The Kier molecular flexibility index (Phi) is 3.50. The molecule has 0 atom stereocenters. The SMILES string of the molecule is [N-]=[N+]=NCCCc1c[nH]c2ccc(C(=O)O)cc12. The average Bonchev–Trinajstić information content (AvgIpc) is 2.77. The lowest BCUT2D eigenvalue weighted by Crippen LogP contribution is -1.95. The third-order valence-electron chi connectivity index (χ3n) is 2.78. The number of carboxylic acids is 1. The first kappa shape index (κ1) is 12.0. The van der Waals surface area contributed by atoms with Gasteiger partial charge in [0.1, 0.15) is 0 Å². The number of aromatic nitrogens is 1. The molecule has 0 aliphatic rings. The molecule has 92 valence electrons. The third kappa shape index (κ3) is 2.44. The van der Waals surface area contributed by atoms with Gasteiger partial charge in [0, 0.05) is 28.6 Å². The second-order valence-electron chi connectivity index (χ2n) is 3.94. The minimum atomic E-state index is -0.932. The van der Waals surface area contributed by atoms with Gasteiger partial charge in [-0.3, -0.25) is 0 Å². The topological polar surface area (TPSA) is 102 Å². The Labute approximate surface area is 103 Å². The van der Waals surface area contributed by atoms with Crippen molar-refractivity contribution < 1.29 is 9.90 Å². The van der Waals surface area contributed by atoms with Gasteiger partial charge < -0.3 is 10.1 Å². The van der Waals surface area contributed by atoms with Crippen molar-refractivity contribution in [2.45, 2.75) is 12.8 Å². The molecule has 0 saturated carbocycles. The summed E-state index contributed by atoms with van der Waals surface area (Å²) in [5.74, 6) is -0.932. The Bertz CT molecular complexity index is 626. The van der Waals surface area contributed by atoms with Crippen LogP contribution < -0.4 is 0 Å². The fourth-order valence-electron chi connectivity index (χ4n) is 1.90. The molecular formula is C12H12N4O2. The zero-order valence-electron chi connectivity index (χ0n) is 9.63. The summed E-state index contributed by atoms with van der Waals surface area (Å²) in [6, 6.07) is 5.00. The van der Waals surface area contributed by atoms with Gasteiger partial charge in [-0.15, -0.1) is 0 Å². The van der Waals surface area contributed by atoms with Gasteiger partial charge in [0.25, 0.3) is 0 Å². The quantitative estimate of drug-likeness (QED) is 0.365. The highest BCUT2D eigenvalue weighted by molar-refractivity contribution is 5.94. The van der Waals surface area contributed by atoms with E-state index in [-0.39, 0.29) is 5.56 Å². The van der Waals surface area contributed by atoms with Crippen molar-refractivity contribution in [2.75, 3.05) is 6.54 Å². The standard InChI is InChI=1S/C12H12N4O2/c13-16-15-5-1-2-9-7-14-11-4-3-8(12(17)18)6-10(9)11/h3-4,6-7,14H,1-2,5H2,(H,17,18). The summed E-state index contributed by atoms with van der Waals surface area (Å²) in [6.45, 7) is 0.446. The molecule has 2 rings (SSSR count). The fourth-order valence-corrected chi connectivity index (χ4v) is 1.90. The lowest BCUT2D eigenvalue weighted by atomic mass is 10.1. The molecule has 2 N–H and O–H groups in total. The minimum Gasteiger partial charge on any atom is -0.478 e. The number of carboxylic acid groups (broad SMARTS) is 1.